The second-order valence-corrected chi connectivity index (χ2v) is 10.1. The smallest absolute Gasteiger partial charge is 0.309 e. The molecule has 3 rings (SSSR count). The number of thiocarbonyl (C=S) groups is 1. The minimum absolute atomic E-state index is 0.0903. The largest absolute Gasteiger partial charge is 0.460 e. The minimum Gasteiger partial charge on any atom is -0.460 e. The number of nitrogens with zero attached hydrogens (tertiary/aromatic N) is 2. The molecule has 6 nitrogen and oxygen atoms in total. The van der Waals surface area contributed by atoms with Gasteiger partial charge < -0.3 is 20.5 Å². The molecule has 0 amide bonds. The van der Waals surface area contributed by atoms with Gasteiger partial charge in [0, 0.05) is 43.5 Å². The van der Waals surface area contributed by atoms with Gasteiger partial charge in [-0.15, -0.1) is 0 Å². The number of aliphatic hydroxyl groups is 1. The van der Waals surface area contributed by atoms with Crippen molar-refractivity contribution in [3.63, 3.8) is 0 Å². The van der Waals surface area contributed by atoms with Gasteiger partial charge in [0.15, 0.2) is 0 Å². The van der Waals surface area contributed by atoms with Crippen LogP contribution in [0.15, 0.2) is 24.3 Å². The first-order chi connectivity index (χ1) is 14.0. The molecule has 2 aliphatic rings. The zero-order valence-electron chi connectivity index (χ0n) is 18.4. The zero-order valence-corrected chi connectivity index (χ0v) is 19.2. The first-order valence-electron chi connectivity index (χ1n) is 10.9. The van der Waals surface area contributed by atoms with Crippen molar-refractivity contribution in [3.8, 4) is 0 Å². The highest BCUT2D eigenvalue weighted by atomic mass is 32.1. The predicted octanol–water partition coefficient (Wildman–Crippen LogP) is 2.85. The van der Waals surface area contributed by atoms with Crippen molar-refractivity contribution in [3.05, 3.63) is 29.8 Å². The summed E-state index contributed by atoms with van der Waals surface area (Å²) in [5.41, 5.74) is 6.34. The molecule has 1 aromatic rings. The molecule has 30 heavy (non-hydrogen) atoms. The summed E-state index contributed by atoms with van der Waals surface area (Å²) in [6.45, 7) is 9.53. The fourth-order valence-electron chi connectivity index (χ4n) is 4.51. The first kappa shape index (κ1) is 23.0. The van der Waals surface area contributed by atoms with Gasteiger partial charge in [-0.2, -0.15) is 0 Å². The van der Waals surface area contributed by atoms with Crippen molar-refractivity contribution in [1.29, 1.82) is 0 Å². The average molecular weight is 434 g/mol. The third kappa shape index (κ3) is 6.15. The molecule has 1 aliphatic carbocycles. The maximum Gasteiger partial charge on any atom is 0.309 e. The summed E-state index contributed by atoms with van der Waals surface area (Å²) >= 11 is 5.03. The Bertz CT molecular complexity index is 744. The van der Waals surface area contributed by atoms with E-state index >= 15 is 0 Å². The van der Waals surface area contributed by atoms with Crippen molar-refractivity contribution in [2.75, 3.05) is 31.1 Å². The van der Waals surface area contributed by atoms with Gasteiger partial charge in [-0.3, -0.25) is 9.69 Å². The number of piperazine rings is 1. The number of hydrogen-bond donors (Lipinski definition) is 2. The minimum atomic E-state index is -0.925. The molecule has 3 N–H and O–H groups in total. The molecule has 1 saturated heterocycles. The number of anilines is 1. The third-order valence-electron chi connectivity index (χ3n) is 6.13. The number of ether oxygens (including phenoxy) is 1. The summed E-state index contributed by atoms with van der Waals surface area (Å²) in [6.07, 6.45) is 3.23. The van der Waals surface area contributed by atoms with Crippen molar-refractivity contribution < 1.29 is 14.6 Å². The molecular weight excluding hydrogens is 398 g/mol. The van der Waals surface area contributed by atoms with Crippen molar-refractivity contribution in [2.24, 2.45) is 5.73 Å². The van der Waals surface area contributed by atoms with Gasteiger partial charge in [0.25, 0.3) is 0 Å². The summed E-state index contributed by atoms with van der Waals surface area (Å²) in [5, 5.41) is 10.9. The second-order valence-electron chi connectivity index (χ2n) is 9.65. The molecule has 2 fully saturated rings. The Morgan fingerprint density at radius 2 is 1.73 bits per heavy atom. The molecule has 0 radical (unpaired) electrons. The van der Waals surface area contributed by atoms with Gasteiger partial charge in [0.2, 0.25) is 0 Å². The molecule has 0 spiro atoms. The van der Waals surface area contributed by atoms with Gasteiger partial charge >= 0.3 is 5.97 Å². The molecule has 7 heteroatoms. The maximum absolute atomic E-state index is 12.1. The SMILES string of the molecule is CC(C)(C)OC(=O)CC1(O)CCC(N2CCN(c3ccc(C(N)=S)cc3)CC2)CC1. The third-order valence-corrected chi connectivity index (χ3v) is 6.36. The number of rotatable bonds is 5. The van der Waals surface area contributed by atoms with E-state index in [1.807, 2.05) is 32.9 Å². The van der Waals surface area contributed by atoms with Crippen molar-refractivity contribution >= 4 is 28.9 Å². The predicted molar refractivity (Wildman–Crippen MR) is 124 cm³/mol. The number of hydrogen-bond acceptors (Lipinski definition) is 6. The highest BCUT2D eigenvalue weighted by Crippen LogP contribution is 2.34. The molecule has 1 saturated carbocycles. The van der Waals surface area contributed by atoms with Crippen LogP contribution in [0.25, 0.3) is 0 Å². The molecule has 0 unspecified atom stereocenters. The van der Waals surface area contributed by atoms with Crippen LogP contribution in [0.5, 0.6) is 0 Å². The average Bonchev–Trinajstić information content (AvgIpc) is 2.67. The Hall–Kier alpha value is -1.70. The molecular formula is C23H35N3O3S. The van der Waals surface area contributed by atoms with E-state index in [0.29, 0.717) is 23.9 Å². The molecule has 1 aliphatic heterocycles. The number of carbonyl (C=O) groups is 1. The summed E-state index contributed by atoms with van der Waals surface area (Å²) in [6, 6.07) is 8.61. The highest BCUT2D eigenvalue weighted by Gasteiger charge is 2.38. The van der Waals surface area contributed by atoms with Crippen LogP contribution in [-0.4, -0.2) is 64.4 Å². The lowest BCUT2D eigenvalue weighted by molar-refractivity contribution is -0.162. The highest BCUT2D eigenvalue weighted by molar-refractivity contribution is 7.80. The monoisotopic (exact) mass is 433 g/mol. The van der Waals surface area contributed by atoms with Crippen LogP contribution in [0, 0.1) is 0 Å². The first-order valence-corrected chi connectivity index (χ1v) is 11.3. The van der Waals surface area contributed by atoms with E-state index in [1.54, 1.807) is 0 Å². The number of esters is 1. The molecule has 0 bridgehead atoms. The van der Waals surface area contributed by atoms with E-state index in [0.717, 1.165) is 44.6 Å². The van der Waals surface area contributed by atoms with E-state index in [2.05, 4.69) is 21.9 Å². The van der Waals surface area contributed by atoms with Crippen LogP contribution in [0.4, 0.5) is 5.69 Å². The standard InChI is InChI=1S/C23H35N3O3S/c1-22(2,3)29-20(27)16-23(28)10-8-19(9-11-23)26-14-12-25(13-15-26)18-6-4-17(5-7-18)21(24)30/h4-7,19,28H,8-16H2,1-3H3,(H2,24,30). The Balaban J connectivity index is 1.46. The van der Waals surface area contributed by atoms with Gasteiger partial charge in [-0.05, 0) is 70.7 Å². The summed E-state index contributed by atoms with van der Waals surface area (Å²) < 4.78 is 5.39. The van der Waals surface area contributed by atoms with Crippen LogP contribution in [-0.2, 0) is 9.53 Å². The lowest BCUT2D eigenvalue weighted by Crippen LogP contribution is -2.52. The summed E-state index contributed by atoms with van der Waals surface area (Å²) in [7, 11) is 0. The normalized spacial score (nSPS) is 25.7. The molecule has 1 heterocycles. The summed E-state index contributed by atoms with van der Waals surface area (Å²) in [4.78, 5) is 17.5. The molecule has 0 aromatic heterocycles. The Labute approximate surface area is 185 Å². The Kier molecular flexibility index (Phi) is 7.05. The second kappa shape index (κ2) is 9.20. The number of benzene rings is 1. The van der Waals surface area contributed by atoms with Crippen LogP contribution >= 0.6 is 12.2 Å². The topological polar surface area (TPSA) is 79.0 Å². The van der Waals surface area contributed by atoms with Crippen molar-refractivity contribution in [2.45, 2.75) is 70.1 Å². The van der Waals surface area contributed by atoms with E-state index in [1.165, 1.54) is 5.69 Å². The Morgan fingerprint density at radius 1 is 1.17 bits per heavy atom. The van der Waals surface area contributed by atoms with Gasteiger partial charge in [0.1, 0.15) is 10.6 Å². The van der Waals surface area contributed by atoms with Crippen LogP contribution in [0.3, 0.4) is 0 Å². The number of nitrogens with two attached hydrogens (primary N) is 1. The van der Waals surface area contributed by atoms with E-state index < -0.39 is 11.2 Å². The van der Waals surface area contributed by atoms with Crippen LogP contribution < -0.4 is 10.6 Å². The van der Waals surface area contributed by atoms with Crippen LogP contribution in [0.2, 0.25) is 0 Å². The zero-order chi connectivity index (χ0) is 21.9. The van der Waals surface area contributed by atoms with E-state index in [4.69, 9.17) is 22.7 Å². The molecule has 1 aromatic carbocycles. The quantitative estimate of drug-likeness (QED) is 0.546. The van der Waals surface area contributed by atoms with E-state index in [-0.39, 0.29) is 12.4 Å². The summed E-state index contributed by atoms with van der Waals surface area (Å²) in [5.74, 6) is -0.307. The van der Waals surface area contributed by atoms with Crippen LogP contribution in [0.1, 0.15) is 58.4 Å². The van der Waals surface area contributed by atoms with Gasteiger partial charge in [-0.25, -0.2) is 0 Å². The molecule has 0 atom stereocenters. The van der Waals surface area contributed by atoms with E-state index in [9.17, 15) is 9.90 Å². The fraction of sp³-hybridized carbons (Fsp3) is 0.652. The van der Waals surface area contributed by atoms with Gasteiger partial charge in [-0.1, -0.05) is 12.2 Å². The lowest BCUT2D eigenvalue weighted by atomic mass is 9.79. The maximum atomic E-state index is 12.1. The van der Waals surface area contributed by atoms with Gasteiger partial charge in [0.05, 0.1) is 12.0 Å². The molecule has 166 valence electrons. The Morgan fingerprint density at radius 3 is 2.23 bits per heavy atom. The number of carbonyl (C=O) groups excluding carboxylic acids is 1. The van der Waals surface area contributed by atoms with Crippen molar-refractivity contribution in [1.82, 2.24) is 4.90 Å². The lowest BCUT2D eigenvalue weighted by Gasteiger charge is -2.44. The fourth-order valence-corrected chi connectivity index (χ4v) is 4.65.